The van der Waals surface area contributed by atoms with Gasteiger partial charge >= 0.3 is 0 Å². The van der Waals surface area contributed by atoms with Gasteiger partial charge < -0.3 is 24.4 Å². The van der Waals surface area contributed by atoms with Gasteiger partial charge in [0.15, 0.2) is 0 Å². The second-order valence-corrected chi connectivity index (χ2v) is 9.41. The average molecular weight is 515 g/mol. The lowest BCUT2D eigenvalue weighted by molar-refractivity contribution is -0.140. The number of ketones is 1. The minimum absolute atomic E-state index is 0.0668. The molecule has 0 bridgehead atoms. The number of likely N-dealkylation sites (tertiary alicyclic amines) is 1. The van der Waals surface area contributed by atoms with E-state index in [2.05, 4.69) is 0 Å². The number of ether oxygens (including phenoxy) is 2. The smallest absolute Gasteiger partial charge is 0.295 e. The molecule has 198 valence electrons. The third kappa shape index (κ3) is 5.37. The van der Waals surface area contributed by atoms with Crippen molar-refractivity contribution in [3.8, 4) is 11.5 Å². The van der Waals surface area contributed by atoms with Crippen LogP contribution in [0.15, 0.2) is 72.3 Å². The van der Waals surface area contributed by atoms with Crippen LogP contribution in [0.1, 0.15) is 42.1 Å². The van der Waals surface area contributed by atoms with Gasteiger partial charge in [0.25, 0.3) is 11.7 Å². The summed E-state index contributed by atoms with van der Waals surface area (Å²) in [6.07, 6.45) is 0. The van der Waals surface area contributed by atoms with Crippen LogP contribution in [0.25, 0.3) is 5.76 Å². The maximum Gasteiger partial charge on any atom is 0.295 e. The molecule has 0 aromatic heterocycles. The highest BCUT2D eigenvalue weighted by atomic mass is 16.5. The lowest BCUT2D eigenvalue weighted by Crippen LogP contribution is -2.29. The Labute approximate surface area is 223 Å². The summed E-state index contributed by atoms with van der Waals surface area (Å²) in [6.45, 7) is 6.91. The summed E-state index contributed by atoms with van der Waals surface area (Å²) in [5.41, 5.74) is 3.89. The maximum absolute atomic E-state index is 13.4. The summed E-state index contributed by atoms with van der Waals surface area (Å²) < 4.78 is 11.3. The van der Waals surface area contributed by atoms with E-state index in [0.717, 1.165) is 22.4 Å². The molecule has 1 saturated heterocycles. The molecular weight excluding hydrogens is 480 g/mol. The third-order valence-corrected chi connectivity index (χ3v) is 6.58. The average Bonchev–Trinajstić information content (AvgIpc) is 3.15. The molecule has 7 heteroatoms. The Bertz CT molecular complexity index is 1360. The molecule has 1 amide bonds. The van der Waals surface area contributed by atoms with Crippen molar-refractivity contribution in [1.29, 1.82) is 0 Å². The van der Waals surface area contributed by atoms with Crippen molar-refractivity contribution in [3.05, 3.63) is 94.6 Å². The number of aliphatic hydroxyl groups excluding tert-OH is 1. The topological polar surface area (TPSA) is 79.3 Å². The van der Waals surface area contributed by atoms with E-state index < -0.39 is 17.7 Å². The molecule has 1 atom stereocenters. The van der Waals surface area contributed by atoms with Gasteiger partial charge in [0.2, 0.25) is 0 Å². The number of Topliss-reactive ketones (excluding diaryl/α,β-unsaturated/α-hetero) is 1. The number of benzene rings is 3. The number of amides is 1. The van der Waals surface area contributed by atoms with E-state index in [0.29, 0.717) is 30.3 Å². The van der Waals surface area contributed by atoms with E-state index in [1.165, 1.54) is 4.90 Å². The highest BCUT2D eigenvalue weighted by Crippen LogP contribution is 2.41. The van der Waals surface area contributed by atoms with E-state index in [1.54, 1.807) is 18.2 Å². The van der Waals surface area contributed by atoms with Gasteiger partial charge in [-0.3, -0.25) is 9.59 Å². The van der Waals surface area contributed by atoms with Crippen LogP contribution in [0, 0.1) is 6.92 Å². The standard InChI is InChI=1S/C31H34N2O5/c1-6-37-25-10-8-9-21(18-25)19-33-28(22-11-14-24(15-12-22)32(4)5)27(30(35)31(33)36)29(34)23-13-16-26(38-7-2)20(3)17-23/h8-18,28,34H,6-7,19H2,1-5H3/b29-27-. The zero-order valence-corrected chi connectivity index (χ0v) is 22.5. The summed E-state index contributed by atoms with van der Waals surface area (Å²) in [5, 5.41) is 11.4. The Kier molecular flexibility index (Phi) is 8.05. The van der Waals surface area contributed by atoms with E-state index in [-0.39, 0.29) is 17.9 Å². The normalized spacial score (nSPS) is 16.6. The number of carbonyl (C=O) groups excluding carboxylic acids is 2. The van der Waals surface area contributed by atoms with E-state index in [4.69, 9.17) is 9.47 Å². The molecule has 1 aliphatic rings. The van der Waals surface area contributed by atoms with E-state index in [9.17, 15) is 14.7 Å². The zero-order chi connectivity index (χ0) is 27.4. The van der Waals surface area contributed by atoms with Gasteiger partial charge in [0.1, 0.15) is 17.3 Å². The first-order valence-corrected chi connectivity index (χ1v) is 12.8. The molecule has 0 spiro atoms. The zero-order valence-electron chi connectivity index (χ0n) is 22.5. The van der Waals surface area contributed by atoms with Crippen molar-refractivity contribution in [3.63, 3.8) is 0 Å². The Morgan fingerprint density at radius 1 is 0.947 bits per heavy atom. The number of carbonyl (C=O) groups is 2. The van der Waals surface area contributed by atoms with Gasteiger partial charge in [-0.15, -0.1) is 0 Å². The molecule has 0 radical (unpaired) electrons. The summed E-state index contributed by atoms with van der Waals surface area (Å²) in [4.78, 5) is 30.3. The highest BCUT2D eigenvalue weighted by Gasteiger charge is 2.46. The summed E-state index contributed by atoms with van der Waals surface area (Å²) in [6, 6.07) is 19.6. The van der Waals surface area contributed by atoms with Crippen LogP contribution in [-0.4, -0.2) is 49.0 Å². The number of aryl methyl sites for hydroxylation is 1. The molecule has 1 unspecified atom stereocenters. The molecular formula is C31H34N2O5. The van der Waals surface area contributed by atoms with Gasteiger partial charge in [-0.1, -0.05) is 24.3 Å². The lowest BCUT2D eigenvalue weighted by atomic mass is 9.94. The van der Waals surface area contributed by atoms with Crippen molar-refractivity contribution >= 4 is 23.1 Å². The Morgan fingerprint density at radius 3 is 2.29 bits per heavy atom. The molecule has 0 saturated carbocycles. The van der Waals surface area contributed by atoms with Crippen molar-refractivity contribution in [2.45, 2.75) is 33.4 Å². The second kappa shape index (κ2) is 11.4. The Hall–Kier alpha value is -4.26. The third-order valence-electron chi connectivity index (χ3n) is 6.58. The van der Waals surface area contributed by atoms with Crippen molar-refractivity contribution < 1.29 is 24.2 Å². The van der Waals surface area contributed by atoms with Crippen LogP contribution in [0.3, 0.4) is 0 Å². The first-order chi connectivity index (χ1) is 18.2. The number of hydrogen-bond acceptors (Lipinski definition) is 6. The van der Waals surface area contributed by atoms with E-state index >= 15 is 0 Å². The Balaban J connectivity index is 1.82. The van der Waals surface area contributed by atoms with Crippen molar-refractivity contribution in [2.75, 3.05) is 32.2 Å². The van der Waals surface area contributed by atoms with Gasteiger partial charge in [-0.05, 0) is 79.9 Å². The number of nitrogens with zero attached hydrogens (tertiary/aromatic N) is 2. The highest BCUT2D eigenvalue weighted by molar-refractivity contribution is 6.46. The minimum Gasteiger partial charge on any atom is -0.507 e. The summed E-state index contributed by atoms with van der Waals surface area (Å²) in [5.74, 6) is -0.177. The van der Waals surface area contributed by atoms with Crippen molar-refractivity contribution in [1.82, 2.24) is 4.90 Å². The molecule has 38 heavy (non-hydrogen) atoms. The van der Waals surface area contributed by atoms with Gasteiger partial charge in [0, 0.05) is 31.9 Å². The number of hydrogen-bond donors (Lipinski definition) is 1. The lowest BCUT2D eigenvalue weighted by Gasteiger charge is -2.26. The maximum atomic E-state index is 13.4. The second-order valence-electron chi connectivity index (χ2n) is 9.41. The predicted molar refractivity (Wildman–Crippen MR) is 149 cm³/mol. The van der Waals surface area contributed by atoms with Crippen molar-refractivity contribution in [2.24, 2.45) is 0 Å². The summed E-state index contributed by atoms with van der Waals surface area (Å²) >= 11 is 0. The Morgan fingerprint density at radius 2 is 1.66 bits per heavy atom. The van der Waals surface area contributed by atoms with Crippen LogP contribution >= 0.6 is 0 Å². The monoisotopic (exact) mass is 514 g/mol. The van der Waals surface area contributed by atoms with Gasteiger partial charge in [0.05, 0.1) is 24.8 Å². The molecule has 0 aliphatic carbocycles. The van der Waals surface area contributed by atoms with Gasteiger partial charge in [-0.2, -0.15) is 0 Å². The first-order valence-electron chi connectivity index (χ1n) is 12.8. The van der Waals surface area contributed by atoms with E-state index in [1.807, 2.05) is 88.3 Å². The summed E-state index contributed by atoms with van der Waals surface area (Å²) in [7, 11) is 3.89. The fourth-order valence-corrected chi connectivity index (χ4v) is 4.71. The minimum atomic E-state index is -0.756. The fraction of sp³-hybridized carbons (Fsp3) is 0.290. The molecule has 1 heterocycles. The predicted octanol–water partition coefficient (Wildman–Crippen LogP) is 5.48. The van der Waals surface area contributed by atoms with Crippen LogP contribution in [0.4, 0.5) is 5.69 Å². The molecule has 4 rings (SSSR count). The molecule has 7 nitrogen and oxygen atoms in total. The fourth-order valence-electron chi connectivity index (χ4n) is 4.71. The number of aliphatic hydroxyl groups is 1. The van der Waals surface area contributed by atoms with Crippen LogP contribution in [-0.2, 0) is 16.1 Å². The molecule has 3 aromatic rings. The van der Waals surface area contributed by atoms with Crippen LogP contribution in [0.5, 0.6) is 11.5 Å². The molecule has 1 fully saturated rings. The molecule has 1 aliphatic heterocycles. The van der Waals surface area contributed by atoms with Gasteiger partial charge in [-0.25, -0.2) is 0 Å². The van der Waals surface area contributed by atoms with Crippen LogP contribution in [0.2, 0.25) is 0 Å². The molecule has 1 N–H and O–H groups in total. The quantitative estimate of drug-likeness (QED) is 0.231. The SMILES string of the molecule is CCOc1cccc(CN2C(=O)C(=O)/C(=C(\O)c3ccc(OCC)c(C)c3)C2c2ccc(N(C)C)cc2)c1. The number of rotatable bonds is 9. The van der Waals surface area contributed by atoms with Crippen LogP contribution < -0.4 is 14.4 Å². The largest absolute Gasteiger partial charge is 0.507 e. The molecule has 3 aromatic carbocycles. The first kappa shape index (κ1) is 26.8. The number of anilines is 1.